The number of para-hydroxylation sites is 2. The van der Waals surface area contributed by atoms with E-state index in [0.717, 1.165) is 22.6 Å². The minimum absolute atomic E-state index is 0.105. The number of hydrogen-bond acceptors (Lipinski definition) is 6. The van der Waals surface area contributed by atoms with Gasteiger partial charge in [-0.1, -0.05) is 35.5 Å². The number of aromatic nitrogens is 2. The smallest absolute Gasteiger partial charge is 0.227 e. The van der Waals surface area contributed by atoms with Gasteiger partial charge in [-0.3, -0.25) is 0 Å². The second-order valence-corrected chi connectivity index (χ2v) is 5.83. The summed E-state index contributed by atoms with van der Waals surface area (Å²) < 4.78 is 17.1. The molecule has 1 aromatic heterocycles. The molecule has 25 heavy (non-hydrogen) atoms. The van der Waals surface area contributed by atoms with Gasteiger partial charge < -0.3 is 19.1 Å². The lowest BCUT2D eigenvalue weighted by Gasteiger charge is -2.26. The first kappa shape index (κ1) is 15.7. The van der Waals surface area contributed by atoms with Crippen molar-refractivity contribution in [1.82, 2.24) is 10.1 Å². The molecule has 2 heterocycles. The Morgan fingerprint density at radius 1 is 1.08 bits per heavy atom. The minimum Gasteiger partial charge on any atom is -0.485 e. The maximum absolute atomic E-state index is 8.89. The zero-order valence-electron chi connectivity index (χ0n) is 13.6. The number of aryl methyl sites for hydroxylation is 1. The van der Waals surface area contributed by atoms with Gasteiger partial charge in [0.2, 0.25) is 11.7 Å². The second kappa shape index (κ2) is 6.94. The van der Waals surface area contributed by atoms with Gasteiger partial charge in [0, 0.05) is 18.6 Å². The molecule has 1 N–H and O–H groups in total. The van der Waals surface area contributed by atoms with Crippen LogP contribution >= 0.6 is 0 Å². The van der Waals surface area contributed by atoms with Crippen molar-refractivity contribution < 1.29 is 19.1 Å². The van der Waals surface area contributed by atoms with E-state index >= 15 is 0 Å². The van der Waals surface area contributed by atoms with Crippen LogP contribution in [0.5, 0.6) is 11.5 Å². The van der Waals surface area contributed by atoms with Gasteiger partial charge in [-0.2, -0.15) is 4.98 Å². The maximum atomic E-state index is 8.89. The number of fused-ring (bicyclic) bond motifs is 1. The van der Waals surface area contributed by atoms with E-state index in [-0.39, 0.29) is 12.7 Å². The predicted octanol–water partition coefficient (Wildman–Crippen LogP) is 3.17. The van der Waals surface area contributed by atoms with Crippen LogP contribution in [0.15, 0.2) is 53.1 Å². The molecular formula is C19H18N2O4. The first-order valence-corrected chi connectivity index (χ1v) is 8.26. The van der Waals surface area contributed by atoms with Crippen molar-refractivity contribution in [2.45, 2.75) is 18.9 Å². The average molecular weight is 338 g/mol. The minimum atomic E-state index is -0.185. The fourth-order valence-electron chi connectivity index (χ4n) is 2.77. The van der Waals surface area contributed by atoms with Gasteiger partial charge in [0.25, 0.3) is 0 Å². The van der Waals surface area contributed by atoms with Crippen LogP contribution in [-0.4, -0.2) is 28.5 Å². The Bertz CT molecular complexity index is 862. The van der Waals surface area contributed by atoms with Crippen LogP contribution in [0, 0.1) is 0 Å². The van der Waals surface area contributed by atoms with Crippen molar-refractivity contribution in [3.63, 3.8) is 0 Å². The van der Waals surface area contributed by atoms with Gasteiger partial charge in [0.05, 0.1) is 0 Å². The van der Waals surface area contributed by atoms with Crippen molar-refractivity contribution in [2.24, 2.45) is 0 Å². The third-order valence-electron chi connectivity index (χ3n) is 4.04. The SMILES string of the molecule is OCCCc1nc(-c2cccc([C@@H]3COc4ccccc4O3)c2)no1. The Hall–Kier alpha value is -2.86. The summed E-state index contributed by atoms with van der Waals surface area (Å²) in [5, 5.41) is 12.9. The van der Waals surface area contributed by atoms with Gasteiger partial charge in [0.1, 0.15) is 6.61 Å². The van der Waals surface area contributed by atoms with Crippen LogP contribution in [0.4, 0.5) is 0 Å². The highest BCUT2D eigenvalue weighted by molar-refractivity contribution is 5.56. The fourth-order valence-corrected chi connectivity index (χ4v) is 2.77. The monoisotopic (exact) mass is 338 g/mol. The maximum Gasteiger partial charge on any atom is 0.227 e. The Morgan fingerprint density at radius 2 is 1.96 bits per heavy atom. The van der Waals surface area contributed by atoms with Crippen molar-refractivity contribution in [3.8, 4) is 22.9 Å². The van der Waals surface area contributed by atoms with Crippen LogP contribution in [-0.2, 0) is 6.42 Å². The molecule has 0 aliphatic carbocycles. The van der Waals surface area contributed by atoms with E-state index in [4.69, 9.17) is 19.1 Å². The van der Waals surface area contributed by atoms with Crippen LogP contribution in [0.3, 0.4) is 0 Å². The first-order chi connectivity index (χ1) is 12.3. The summed E-state index contributed by atoms with van der Waals surface area (Å²) in [6.07, 6.45) is 0.990. The van der Waals surface area contributed by atoms with Gasteiger partial charge >= 0.3 is 0 Å². The third-order valence-corrected chi connectivity index (χ3v) is 4.04. The molecule has 0 fully saturated rings. The van der Waals surface area contributed by atoms with E-state index < -0.39 is 0 Å². The first-order valence-electron chi connectivity index (χ1n) is 8.26. The molecule has 4 rings (SSSR count). The van der Waals surface area contributed by atoms with Gasteiger partial charge in [-0.15, -0.1) is 0 Å². The molecule has 1 atom stereocenters. The molecule has 2 aromatic carbocycles. The molecule has 1 aliphatic rings. The Morgan fingerprint density at radius 3 is 2.84 bits per heavy atom. The lowest BCUT2D eigenvalue weighted by atomic mass is 10.1. The number of benzene rings is 2. The molecule has 0 saturated carbocycles. The summed E-state index contributed by atoms with van der Waals surface area (Å²) in [5.41, 5.74) is 1.85. The molecule has 0 unspecified atom stereocenters. The number of aliphatic hydroxyl groups excluding tert-OH is 1. The molecule has 3 aromatic rings. The summed E-state index contributed by atoms with van der Waals surface area (Å²) in [6.45, 7) is 0.558. The fraction of sp³-hybridized carbons (Fsp3) is 0.263. The van der Waals surface area contributed by atoms with Crippen molar-refractivity contribution in [1.29, 1.82) is 0 Å². The summed E-state index contributed by atoms with van der Waals surface area (Å²) in [7, 11) is 0. The van der Waals surface area contributed by atoms with Gasteiger partial charge in [0.15, 0.2) is 17.6 Å². The highest BCUT2D eigenvalue weighted by Gasteiger charge is 2.23. The Labute approximate surface area is 145 Å². The molecule has 0 spiro atoms. The molecule has 0 radical (unpaired) electrons. The molecule has 128 valence electrons. The third kappa shape index (κ3) is 3.34. The topological polar surface area (TPSA) is 77.6 Å². The summed E-state index contributed by atoms with van der Waals surface area (Å²) in [5.74, 6) is 2.57. The Kier molecular flexibility index (Phi) is 4.35. The van der Waals surface area contributed by atoms with Crippen molar-refractivity contribution in [3.05, 3.63) is 60.0 Å². The zero-order chi connectivity index (χ0) is 17.1. The normalized spacial score (nSPS) is 16.0. The van der Waals surface area contributed by atoms with E-state index in [9.17, 15) is 0 Å². The Balaban J connectivity index is 1.55. The largest absolute Gasteiger partial charge is 0.485 e. The molecule has 1 aliphatic heterocycles. The highest BCUT2D eigenvalue weighted by atomic mass is 16.6. The van der Waals surface area contributed by atoms with Crippen LogP contribution < -0.4 is 9.47 Å². The number of rotatable bonds is 5. The van der Waals surface area contributed by atoms with E-state index in [1.165, 1.54) is 0 Å². The van der Waals surface area contributed by atoms with Gasteiger partial charge in [-0.25, -0.2) is 0 Å². The molecule has 0 saturated heterocycles. The van der Waals surface area contributed by atoms with E-state index in [2.05, 4.69) is 10.1 Å². The quantitative estimate of drug-likeness (QED) is 0.770. The van der Waals surface area contributed by atoms with Crippen LogP contribution in [0.2, 0.25) is 0 Å². The van der Waals surface area contributed by atoms with Crippen molar-refractivity contribution >= 4 is 0 Å². The molecule has 0 bridgehead atoms. The molecule has 6 nitrogen and oxygen atoms in total. The summed E-state index contributed by atoms with van der Waals surface area (Å²) in [4.78, 5) is 4.38. The van der Waals surface area contributed by atoms with E-state index in [1.807, 2.05) is 48.5 Å². The number of nitrogens with zero attached hydrogens (tertiary/aromatic N) is 2. The molecule has 0 amide bonds. The molecular weight excluding hydrogens is 320 g/mol. The average Bonchev–Trinajstić information content (AvgIpc) is 3.15. The standard InChI is InChI=1S/C19H18N2O4/c22-10-4-9-18-20-19(21-25-18)14-6-3-5-13(11-14)17-12-23-15-7-1-2-8-16(15)24-17/h1-3,5-8,11,17,22H,4,9-10,12H2/t17-/m0/s1. The van der Waals surface area contributed by atoms with Crippen LogP contribution in [0.1, 0.15) is 24.0 Å². The zero-order valence-corrected chi connectivity index (χ0v) is 13.6. The summed E-state index contributed by atoms with van der Waals surface area (Å²) >= 11 is 0. The van der Waals surface area contributed by atoms with Crippen LogP contribution in [0.25, 0.3) is 11.4 Å². The molecule has 6 heteroatoms. The van der Waals surface area contributed by atoms with Crippen molar-refractivity contribution in [2.75, 3.05) is 13.2 Å². The summed E-state index contributed by atoms with van der Waals surface area (Å²) in [6, 6.07) is 15.5. The second-order valence-electron chi connectivity index (χ2n) is 5.83. The number of hydrogen-bond donors (Lipinski definition) is 1. The lowest BCUT2D eigenvalue weighted by molar-refractivity contribution is 0.0913. The predicted molar refractivity (Wildman–Crippen MR) is 90.4 cm³/mol. The van der Waals surface area contributed by atoms with E-state index in [1.54, 1.807) is 0 Å². The number of aliphatic hydroxyl groups is 1. The lowest BCUT2D eigenvalue weighted by Crippen LogP contribution is -2.21. The van der Waals surface area contributed by atoms with E-state index in [0.29, 0.717) is 31.2 Å². The highest BCUT2D eigenvalue weighted by Crippen LogP contribution is 2.36. The van der Waals surface area contributed by atoms with Gasteiger partial charge in [-0.05, 0) is 30.2 Å². The number of ether oxygens (including phenoxy) is 2.